The van der Waals surface area contributed by atoms with Gasteiger partial charge in [-0.3, -0.25) is 0 Å². The molecular weight excluding hydrogens is 286 g/mol. The Morgan fingerprint density at radius 3 is 2.50 bits per heavy atom. The minimum Gasteiger partial charge on any atom is -0.497 e. The molecule has 2 rings (SSSR count). The molecule has 0 saturated heterocycles. The molecule has 0 aliphatic carbocycles. The topological polar surface area (TPSA) is 78.8 Å². The van der Waals surface area contributed by atoms with Crippen molar-refractivity contribution in [3.05, 3.63) is 42.0 Å². The van der Waals surface area contributed by atoms with E-state index in [0.29, 0.717) is 5.56 Å². The number of carbonyl (C=O) groups is 1. The van der Waals surface area contributed by atoms with Crippen LogP contribution in [0.3, 0.4) is 0 Å². The molecule has 0 saturated carbocycles. The van der Waals surface area contributed by atoms with Crippen LogP contribution in [0.15, 0.2) is 36.4 Å². The number of rotatable bonds is 5. The van der Waals surface area contributed by atoms with Crippen LogP contribution in [-0.4, -0.2) is 29.8 Å². The van der Waals surface area contributed by atoms with Crippen molar-refractivity contribution in [3.63, 3.8) is 0 Å². The zero-order valence-electron chi connectivity index (χ0n) is 12.8. The van der Waals surface area contributed by atoms with Gasteiger partial charge in [-0.05, 0) is 42.8 Å². The molecular formula is C16H19NO5. The number of hydrogen-bond donors (Lipinski definition) is 1. The van der Waals surface area contributed by atoms with Crippen molar-refractivity contribution in [3.8, 4) is 5.75 Å². The van der Waals surface area contributed by atoms with Gasteiger partial charge in [-0.1, -0.05) is 18.2 Å². The minimum atomic E-state index is -1.70. The Kier molecular flexibility index (Phi) is 4.65. The molecule has 6 heteroatoms. The van der Waals surface area contributed by atoms with Crippen LogP contribution in [0.2, 0.25) is 0 Å². The molecule has 0 heterocycles. The average Bonchev–Trinajstić information content (AvgIpc) is 2.53. The Morgan fingerprint density at radius 2 is 1.91 bits per heavy atom. The van der Waals surface area contributed by atoms with Gasteiger partial charge in [0.15, 0.2) is 6.04 Å². The van der Waals surface area contributed by atoms with E-state index in [0.717, 1.165) is 16.5 Å². The van der Waals surface area contributed by atoms with E-state index in [9.17, 15) is 15.1 Å². The fourth-order valence-corrected chi connectivity index (χ4v) is 2.35. The van der Waals surface area contributed by atoms with Crippen molar-refractivity contribution in [1.29, 1.82) is 0 Å². The predicted octanol–water partition coefficient (Wildman–Crippen LogP) is 2.41. The molecule has 2 unspecified atom stereocenters. The highest BCUT2D eigenvalue weighted by atomic mass is 16.9. The van der Waals surface area contributed by atoms with Gasteiger partial charge in [-0.2, -0.15) is 10.0 Å². The average molecular weight is 305 g/mol. The molecule has 118 valence electrons. The molecule has 2 atom stereocenters. The maximum atomic E-state index is 11.2. The summed E-state index contributed by atoms with van der Waals surface area (Å²) in [6, 6.07) is 10.1. The third kappa shape index (κ3) is 2.89. The SMILES string of the molecule is CCO[N+](O)(C(=O)[O-])C(C)c1ccc2cc(OC)ccc2c1. The fourth-order valence-electron chi connectivity index (χ4n) is 2.35. The van der Waals surface area contributed by atoms with Crippen LogP contribution >= 0.6 is 0 Å². The van der Waals surface area contributed by atoms with E-state index >= 15 is 0 Å². The number of carbonyl (C=O) groups excluding carboxylic acids is 1. The number of hydroxylamine groups is 4. The molecule has 2 aromatic carbocycles. The molecule has 0 aliphatic heterocycles. The highest BCUT2D eigenvalue weighted by molar-refractivity contribution is 5.84. The number of ether oxygens (including phenoxy) is 1. The first-order valence-electron chi connectivity index (χ1n) is 6.97. The lowest BCUT2D eigenvalue weighted by atomic mass is 10.0. The number of hydrogen-bond acceptors (Lipinski definition) is 5. The lowest BCUT2D eigenvalue weighted by molar-refractivity contribution is -1.22. The number of benzene rings is 2. The Labute approximate surface area is 128 Å². The molecule has 0 aliphatic rings. The standard InChI is InChI=1S/C16H19NO5/c1-4-22-17(20,16(18)19)11(2)12-5-6-14-10-15(21-3)8-7-13(14)9-12/h5-11,20H,4H2,1-3H3. The Balaban J connectivity index is 2.43. The van der Waals surface area contributed by atoms with Gasteiger partial charge < -0.3 is 14.6 Å². The van der Waals surface area contributed by atoms with E-state index in [4.69, 9.17) is 9.57 Å². The van der Waals surface area contributed by atoms with E-state index in [1.54, 1.807) is 27.0 Å². The summed E-state index contributed by atoms with van der Waals surface area (Å²) in [5.41, 5.74) is 0.623. The summed E-state index contributed by atoms with van der Waals surface area (Å²) in [7, 11) is 1.59. The molecule has 22 heavy (non-hydrogen) atoms. The van der Waals surface area contributed by atoms with Gasteiger partial charge in [0.2, 0.25) is 0 Å². The van der Waals surface area contributed by atoms with Crippen molar-refractivity contribution in [1.82, 2.24) is 0 Å². The summed E-state index contributed by atoms with van der Waals surface area (Å²) >= 11 is 0. The summed E-state index contributed by atoms with van der Waals surface area (Å²) in [4.78, 5) is 14.6. The molecule has 0 bridgehead atoms. The van der Waals surface area contributed by atoms with Crippen LogP contribution in [0.4, 0.5) is 4.79 Å². The zero-order valence-corrected chi connectivity index (χ0v) is 12.8. The van der Waals surface area contributed by atoms with Gasteiger partial charge in [0.05, 0.1) is 7.11 Å². The Hall–Kier alpha value is -2.15. The van der Waals surface area contributed by atoms with Crippen molar-refractivity contribution in [2.24, 2.45) is 0 Å². The van der Waals surface area contributed by atoms with Crippen LogP contribution in [0, 0.1) is 0 Å². The molecule has 0 fully saturated rings. The normalized spacial score (nSPS) is 15.3. The van der Waals surface area contributed by atoms with Crippen molar-refractivity contribution >= 4 is 16.9 Å². The third-order valence-electron chi connectivity index (χ3n) is 3.67. The maximum absolute atomic E-state index is 11.2. The summed E-state index contributed by atoms with van der Waals surface area (Å²) in [5, 5.41) is 23.3. The second kappa shape index (κ2) is 6.31. The fraction of sp³-hybridized carbons (Fsp3) is 0.312. The third-order valence-corrected chi connectivity index (χ3v) is 3.67. The number of fused-ring (bicyclic) bond motifs is 1. The highest BCUT2D eigenvalue weighted by Gasteiger charge is 2.39. The maximum Gasteiger partial charge on any atom is 0.328 e. The van der Waals surface area contributed by atoms with E-state index in [1.807, 2.05) is 30.3 Å². The van der Waals surface area contributed by atoms with Crippen LogP contribution < -0.4 is 9.84 Å². The first-order chi connectivity index (χ1) is 10.4. The first kappa shape index (κ1) is 16.2. The van der Waals surface area contributed by atoms with E-state index in [2.05, 4.69) is 0 Å². The second-order valence-corrected chi connectivity index (χ2v) is 4.96. The van der Waals surface area contributed by atoms with Crippen LogP contribution in [0.25, 0.3) is 10.8 Å². The minimum absolute atomic E-state index is 0.0413. The van der Waals surface area contributed by atoms with Crippen LogP contribution in [0.5, 0.6) is 5.75 Å². The smallest absolute Gasteiger partial charge is 0.328 e. The van der Waals surface area contributed by atoms with E-state index < -0.39 is 16.9 Å². The van der Waals surface area contributed by atoms with Gasteiger partial charge in [0.1, 0.15) is 12.4 Å². The lowest BCUT2D eigenvalue weighted by Crippen LogP contribution is -2.57. The van der Waals surface area contributed by atoms with Crippen molar-refractivity contribution in [2.45, 2.75) is 19.9 Å². The first-order valence-corrected chi connectivity index (χ1v) is 6.97. The van der Waals surface area contributed by atoms with Crippen molar-refractivity contribution < 1.29 is 29.5 Å². The van der Waals surface area contributed by atoms with Gasteiger partial charge in [-0.25, -0.2) is 0 Å². The van der Waals surface area contributed by atoms with Gasteiger partial charge >= 0.3 is 6.09 Å². The number of quaternary nitrogens is 1. The lowest BCUT2D eigenvalue weighted by Gasteiger charge is -2.31. The quantitative estimate of drug-likeness (QED) is 0.521. The molecule has 1 amide bonds. The second-order valence-electron chi connectivity index (χ2n) is 4.96. The van der Waals surface area contributed by atoms with E-state index in [-0.39, 0.29) is 6.61 Å². The van der Waals surface area contributed by atoms with Crippen LogP contribution in [-0.2, 0) is 4.84 Å². The van der Waals surface area contributed by atoms with Gasteiger partial charge in [0.25, 0.3) is 0 Å². The Bertz CT molecular complexity index is 687. The molecule has 0 spiro atoms. The molecule has 2 aromatic rings. The number of amides is 1. The Morgan fingerprint density at radius 1 is 1.27 bits per heavy atom. The van der Waals surface area contributed by atoms with E-state index in [1.165, 1.54) is 0 Å². The monoisotopic (exact) mass is 305 g/mol. The van der Waals surface area contributed by atoms with Crippen LogP contribution in [0.1, 0.15) is 25.5 Å². The highest BCUT2D eigenvalue weighted by Crippen LogP contribution is 2.30. The summed E-state index contributed by atoms with van der Waals surface area (Å²) < 4.78 is 5.17. The summed E-state index contributed by atoms with van der Waals surface area (Å²) in [6.45, 7) is 3.21. The largest absolute Gasteiger partial charge is 0.497 e. The van der Waals surface area contributed by atoms with Gasteiger partial charge in [0, 0.05) is 10.4 Å². The molecule has 6 nitrogen and oxygen atoms in total. The number of nitrogens with zero attached hydrogens (tertiary/aromatic N) is 1. The molecule has 1 N–H and O–H groups in total. The number of methoxy groups -OCH3 is 1. The predicted molar refractivity (Wildman–Crippen MR) is 78.0 cm³/mol. The van der Waals surface area contributed by atoms with Gasteiger partial charge in [-0.15, -0.1) is 0 Å². The van der Waals surface area contributed by atoms with Crippen molar-refractivity contribution in [2.75, 3.05) is 13.7 Å². The summed E-state index contributed by atoms with van der Waals surface area (Å²) in [5.74, 6) is 0.740. The number of carboxylic acid groups (broad SMARTS) is 1. The molecule has 0 radical (unpaired) electrons. The molecule has 0 aromatic heterocycles. The zero-order chi connectivity index (χ0) is 16.3. The summed E-state index contributed by atoms with van der Waals surface area (Å²) in [6.07, 6.45) is -1.70.